The van der Waals surface area contributed by atoms with Crippen molar-refractivity contribution in [2.24, 2.45) is 0 Å². The summed E-state index contributed by atoms with van der Waals surface area (Å²) < 4.78 is 53.3. The van der Waals surface area contributed by atoms with Crippen LogP contribution in [0.3, 0.4) is 0 Å². The minimum absolute atomic E-state index is 0.0883. The summed E-state index contributed by atoms with van der Waals surface area (Å²) in [5.74, 6) is 0.367. The fraction of sp³-hybridized carbons (Fsp3) is 0.263. The molecule has 6 nitrogen and oxygen atoms in total. The van der Waals surface area contributed by atoms with E-state index in [1.54, 1.807) is 25.2 Å². The van der Waals surface area contributed by atoms with Gasteiger partial charge in [-0.05, 0) is 31.3 Å². The van der Waals surface area contributed by atoms with E-state index in [4.69, 9.17) is 9.26 Å². The van der Waals surface area contributed by atoms with Gasteiger partial charge in [0.1, 0.15) is 5.82 Å². The van der Waals surface area contributed by atoms with Gasteiger partial charge in [-0.25, -0.2) is 4.39 Å². The maximum Gasteiger partial charge on any atom is 0.387 e. The molecule has 0 spiro atoms. The van der Waals surface area contributed by atoms with Crippen LogP contribution in [0, 0.1) is 5.82 Å². The summed E-state index contributed by atoms with van der Waals surface area (Å²) in [7, 11) is 3.15. The van der Waals surface area contributed by atoms with Crippen molar-refractivity contribution in [1.82, 2.24) is 15.0 Å². The summed E-state index contributed by atoms with van der Waals surface area (Å²) in [4.78, 5) is 6.12. The van der Waals surface area contributed by atoms with Gasteiger partial charge in [-0.2, -0.15) is 13.8 Å². The Morgan fingerprint density at radius 1 is 1.11 bits per heavy atom. The lowest BCUT2D eigenvalue weighted by atomic mass is 10.2. The summed E-state index contributed by atoms with van der Waals surface area (Å²) in [5, 5.41) is 3.90. The second-order valence-corrected chi connectivity index (χ2v) is 6.02. The van der Waals surface area contributed by atoms with Gasteiger partial charge >= 0.3 is 6.61 Å². The second-order valence-electron chi connectivity index (χ2n) is 6.02. The molecule has 0 N–H and O–H groups in total. The SMILES string of the molecule is COc1cc(-c2noc(CN(C)Cc3ccccc3F)n2)ccc1OC(F)F. The molecule has 1 heterocycles. The Hall–Kier alpha value is -3.07. The molecule has 0 aliphatic carbocycles. The number of hydrogen-bond acceptors (Lipinski definition) is 6. The van der Waals surface area contributed by atoms with E-state index in [2.05, 4.69) is 14.9 Å². The molecule has 0 unspecified atom stereocenters. The van der Waals surface area contributed by atoms with Crippen molar-refractivity contribution in [2.75, 3.05) is 14.2 Å². The highest BCUT2D eigenvalue weighted by molar-refractivity contribution is 5.60. The molecule has 0 radical (unpaired) electrons. The zero-order valence-corrected chi connectivity index (χ0v) is 15.2. The lowest BCUT2D eigenvalue weighted by Crippen LogP contribution is -2.18. The highest BCUT2D eigenvalue weighted by Gasteiger charge is 2.16. The lowest BCUT2D eigenvalue weighted by Gasteiger charge is -2.14. The topological polar surface area (TPSA) is 60.6 Å². The Kier molecular flexibility index (Phi) is 6.15. The molecule has 0 saturated heterocycles. The van der Waals surface area contributed by atoms with Gasteiger partial charge in [0.2, 0.25) is 11.7 Å². The zero-order valence-electron chi connectivity index (χ0n) is 15.2. The third kappa shape index (κ3) is 4.80. The maximum atomic E-state index is 13.8. The van der Waals surface area contributed by atoms with Crippen molar-refractivity contribution in [3.8, 4) is 22.9 Å². The van der Waals surface area contributed by atoms with Crippen molar-refractivity contribution >= 4 is 0 Å². The second kappa shape index (κ2) is 8.75. The minimum Gasteiger partial charge on any atom is -0.493 e. The summed E-state index contributed by atoms with van der Waals surface area (Å²) in [6.07, 6.45) is 0. The molecule has 148 valence electrons. The molecule has 3 aromatic rings. The molecule has 0 saturated carbocycles. The van der Waals surface area contributed by atoms with Crippen LogP contribution in [0.1, 0.15) is 11.5 Å². The molecule has 0 atom stereocenters. The van der Waals surface area contributed by atoms with Gasteiger partial charge in [0, 0.05) is 17.7 Å². The molecule has 9 heteroatoms. The highest BCUT2D eigenvalue weighted by atomic mass is 19.3. The van der Waals surface area contributed by atoms with Crippen molar-refractivity contribution in [3.05, 3.63) is 59.7 Å². The van der Waals surface area contributed by atoms with Crippen LogP contribution in [-0.4, -0.2) is 35.8 Å². The minimum atomic E-state index is -2.96. The standard InChI is InChI=1S/C19H18F3N3O3/c1-25(10-13-5-3-4-6-14(13)20)11-17-23-18(24-28-17)12-7-8-15(27-19(21)22)16(9-12)26-2/h3-9,19H,10-11H2,1-2H3. The van der Waals surface area contributed by atoms with Gasteiger partial charge in [-0.3, -0.25) is 4.90 Å². The predicted octanol–water partition coefficient (Wildman–Crippen LogP) is 4.12. The van der Waals surface area contributed by atoms with E-state index < -0.39 is 6.61 Å². The normalized spacial score (nSPS) is 11.2. The maximum absolute atomic E-state index is 13.8. The van der Waals surface area contributed by atoms with Crippen LogP contribution in [0.25, 0.3) is 11.4 Å². The van der Waals surface area contributed by atoms with Crippen LogP contribution >= 0.6 is 0 Å². The van der Waals surface area contributed by atoms with Crippen molar-refractivity contribution < 1.29 is 27.2 Å². The number of rotatable bonds is 8. The molecule has 0 fully saturated rings. The zero-order chi connectivity index (χ0) is 20.1. The summed E-state index contributed by atoms with van der Waals surface area (Å²) >= 11 is 0. The Morgan fingerprint density at radius 3 is 2.61 bits per heavy atom. The molecule has 0 amide bonds. The number of benzene rings is 2. The average Bonchev–Trinajstić information content (AvgIpc) is 3.12. The first-order chi connectivity index (χ1) is 13.5. The van der Waals surface area contributed by atoms with Gasteiger partial charge in [-0.1, -0.05) is 23.4 Å². The fourth-order valence-corrected chi connectivity index (χ4v) is 2.64. The number of aromatic nitrogens is 2. The molecule has 28 heavy (non-hydrogen) atoms. The van der Waals surface area contributed by atoms with Gasteiger partial charge < -0.3 is 14.0 Å². The highest BCUT2D eigenvalue weighted by Crippen LogP contribution is 2.32. The van der Waals surface area contributed by atoms with Gasteiger partial charge in [0.15, 0.2) is 11.5 Å². The molecule has 3 rings (SSSR count). The monoisotopic (exact) mass is 393 g/mol. The van der Waals surface area contributed by atoms with E-state index in [0.717, 1.165) is 0 Å². The quantitative estimate of drug-likeness (QED) is 0.574. The summed E-state index contributed by atoms with van der Waals surface area (Å²) in [6, 6.07) is 10.9. The van der Waals surface area contributed by atoms with E-state index in [9.17, 15) is 13.2 Å². The summed E-state index contributed by atoms with van der Waals surface area (Å²) in [6.45, 7) is -2.27. The fourth-order valence-electron chi connectivity index (χ4n) is 2.64. The largest absolute Gasteiger partial charge is 0.493 e. The van der Waals surface area contributed by atoms with E-state index in [0.29, 0.717) is 30.1 Å². The first-order valence-corrected chi connectivity index (χ1v) is 8.34. The number of alkyl halides is 2. The number of nitrogens with zero attached hydrogens (tertiary/aromatic N) is 3. The van der Waals surface area contributed by atoms with Gasteiger partial charge in [0.25, 0.3) is 0 Å². The van der Waals surface area contributed by atoms with Gasteiger partial charge in [0.05, 0.1) is 13.7 Å². The smallest absolute Gasteiger partial charge is 0.387 e. The molecular formula is C19H18F3N3O3. The van der Waals surface area contributed by atoms with E-state index in [-0.39, 0.29) is 23.1 Å². The third-order valence-corrected chi connectivity index (χ3v) is 3.91. The van der Waals surface area contributed by atoms with Crippen molar-refractivity contribution in [3.63, 3.8) is 0 Å². The first kappa shape index (κ1) is 19.7. The van der Waals surface area contributed by atoms with Gasteiger partial charge in [-0.15, -0.1) is 0 Å². The van der Waals surface area contributed by atoms with Crippen molar-refractivity contribution in [1.29, 1.82) is 0 Å². The number of halogens is 3. The van der Waals surface area contributed by atoms with Crippen LogP contribution in [0.15, 0.2) is 47.0 Å². The van der Waals surface area contributed by atoms with Crippen molar-refractivity contribution in [2.45, 2.75) is 19.7 Å². The molecule has 2 aromatic carbocycles. The predicted molar refractivity (Wildman–Crippen MR) is 94.5 cm³/mol. The molecule has 0 aliphatic rings. The molecule has 0 bridgehead atoms. The Labute approximate surface area is 159 Å². The number of hydrogen-bond donors (Lipinski definition) is 0. The van der Waals surface area contributed by atoms with E-state index >= 15 is 0 Å². The van der Waals surface area contributed by atoms with Crippen LogP contribution in [0.4, 0.5) is 13.2 Å². The van der Waals surface area contributed by atoms with Crippen LogP contribution in [0.2, 0.25) is 0 Å². The molecule has 1 aromatic heterocycles. The summed E-state index contributed by atoms with van der Waals surface area (Å²) in [5.41, 5.74) is 1.08. The van der Waals surface area contributed by atoms with E-state index in [1.807, 2.05) is 4.90 Å². The molecular weight excluding hydrogens is 375 g/mol. The average molecular weight is 393 g/mol. The lowest BCUT2D eigenvalue weighted by molar-refractivity contribution is -0.0512. The van der Waals surface area contributed by atoms with Crippen LogP contribution < -0.4 is 9.47 Å². The third-order valence-electron chi connectivity index (χ3n) is 3.91. The Balaban J connectivity index is 1.70. The Morgan fingerprint density at radius 2 is 1.89 bits per heavy atom. The molecule has 0 aliphatic heterocycles. The van der Waals surface area contributed by atoms with Crippen LogP contribution in [0.5, 0.6) is 11.5 Å². The number of ether oxygens (including phenoxy) is 2. The van der Waals surface area contributed by atoms with E-state index in [1.165, 1.54) is 31.4 Å². The van der Waals surface area contributed by atoms with Crippen LogP contribution in [-0.2, 0) is 13.1 Å². The number of methoxy groups -OCH3 is 1. The first-order valence-electron chi connectivity index (χ1n) is 8.34. The Bertz CT molecular complexity index is 934.